The summed E-state index contributed by atoms with van der Waals surface area (Å²) in [5, 5.41) is 14.0. The van der Waals surface area contributed by atoms with Crippen LogP contribution in [0.3, 0.4) is 0 Å². The number of carbonyl (C=O) groups is 1. The van der Waals surface area contributed by atoms with Crippen LogP contribution in [0.2, 0.25) is 0 Å². The maximum atomic E-state index is 12.1. The topological polar surface area (TPSA) is 52.6 Å². The number of aliphatic hydroxyl groups is 1. The van der Waals surface area contributed by atoms with E-state index in [1.54, 1.807) is 0 Å². The van der Waals surface area contributed by atoms with Gasteiger partial charge in [-0.3, -0.25) is 4.79 Å². The van der Waals surface area contributed by atoms with Gasteiger partial charge in [0.05, 0.1) is 6.10 Å². The summed E-state index contributed by atoms with van der Waals surface area (Å²) < 4.78 is 0. The Labute approximate surface area is 129 Å². The van der Waals surface area contributed by atoms with Crippen LogP contribution in [0.4, 0.5) is 0 Å². The van der Waals surface area contributed by atoms with Gasteiger partial charge in [-0.15, -0.1) is 0 Å². The Balaban J connectivity index is 1.96. The lowest BCUT2D eigenvalue weighted by molar-refractivity contribution is -0.134. The predicted molar refractivity (Wildman–Crippen MR) is 85.1 cm³/mol. The van der Waals surface area contributed by atoms with Gasteiger partial charge < -0.3 is 15.3 Å². The number of hydrogen-bond acceptors (Lipinski definition) is 3. The quantitative estimate of drug-likeness (QED) is 0.818. The molecule has 3 atom stereocenters. The van der Waals surface area contributed by atoms with E-state index in [9.17, 15) is 9.90 Å². The zero-order valence-electron chi connectivity index (χ0n) is 13.7. The molecule has 4 nitrogen and oxygen atoms in total. The maximum Gasteiger partial charge on any atom is 0.222 e. The van der Waals surface area contributed by atoms with Crippen molar-refractivity contribution in [2.45, 2.75) is 83.4 Å². The van der Waals surface area contributed by atoms with E-state index in [-0.39, 0.29) is 17.9 Å². The van der Waals surface area contributed by atoms with Crippen molar-refractivity contribution < 1.29 is 9.90 Å². The van der Waals surface area contributed by atoms with Crippen LogP contribution < -0.4 is 5.32 Å². The number of carbonyl (C=O) groups excluding carboxylic acids is 1. The van der Waals surface area contributed by atoms with E-state index < -0.39 is 0 Å². The van der Waals surface area contributed by atoms with Gasteiger partial charge in [0.1, 0.15) is 0 Å². The highest BCUT2D eigenvalue weighted by atomic mass is 16.3. The molecule has 0 radical (unpaired) electrons. The van der Waals surface area contributed by atoms with Gasteiger partial charge in [-0.05, 0) is 25.7 Å². The van der Waals surface area contributed by atoms with Crippen LogP contribution in [0.1, 0.15) is 65.2 Å². The molecule has 0 aromatic carbocycles. The summed E-state index contributed by atoms with van der Waals surface area (Å²) in [6.07, 6.45) is 8.58. The van der Waals surface area contributed by atoms with E-state index in [2.05, 4.69) is 5.32 Å². The molecule has 122 valence electrons. The minimum atomic E-state index is -0.284. The lowest BCUT2D eigenvalue weighted by atomic mass is 9.87. The van der Waals surface area contributed by atoms with Crippen LogP contribution in [0.25, 0.3) is 0 Å². The van der Waals surface area contributed by atoms with E-state index >= 15 is 0 Å². The van der Waals surface area contributed by atoms with Crippen molar-refractivity contribution in [3.63, 3.8) is 0 Å². The molecule has 21 heavy (non-hydrogen) atoms. The van der Waals surface area contributed by atoms with Crippen molar-refractivity contribution >= 4 is 5.91 Å². The van der Waals surface area contributed by atoms with Crippen molar-refractivity contribution in [1.82, 2.24) is 10.2 Å². The zero-order valence-corrected chi connectivity index (χ0v) is 13.7. The van der Waals surface area contributed by atoms with Gasteiger partial charge in [-0.1, -0.05) is 33.1 Å². The van der Waals surface area contributed by atoms with Gasteiger partial charge in [0.25, 0.3) is 0 Å². The fourth-order valence-electron chi connectivity index (χ4n) is 3.90. The second-order valence-corrected chi connectivity index (χ2v) is 6.82. The second-order valence-electron chi connectivity index (χ2n) is 6.82. The first kappa shape index (κ1) is 16.8. The van der Waals surface area contributed by atoms with Crippen LogP contribution in [-0.2, 0) is 4.79 Å². The summed E-state index contributed by atoms with van der Waals surface area (Å²) in [5.41, 5.74) is 0. The summed E-state index contributed by atoms with van der Waals surface area (Å²) in [6.45, 7) is 5.49. The lowest BCUT2D eigenvalue weighted by Crippen LogP contribution is -2.55. The smallest absolute Gasteiger partial charge is 0.222 e. The van der Waals surface area contributed by atoms with E-state index in [0.29, 0.717) is 18.5 Å². The standard InChI is InChI=1S/C17H32N2O2/c1-3-16(20)13-10-15(12-19(11-13)17(21)4-2)18-14-8-6-5-7-9-14/h13-16,18,20H,3-12H2,1-2H3. The first-order valence-electron chi connectivity index (χ1n) is 8.85. The Morgan fingerprint density at radius 3 is 2.52 bits per heavy atom. The van der Waals surface area contributed by atoms with Crippen LogP contribution in [0.5, 0.6) is 0 Å². The minimum Gasteiger partial charge on any atom is -0.393 e. The fraction of sp³-hybridized carbons (Fsp3) is 0.941. The largest absolute Gasteiger partial charge is 0.393 e. The first-order chi connectivity index (χ1) is 10.1. The highest BCUT2D eigenvalue weighted by molar-refractivity contribution is 5.76. The maximum absolute atomic E-state index is 12.1. The molecule has 0 bridgehead atoms. The highest BCUT2D eigenvalue weighted by Crippen LogP contribution is 2.25. The molecule has 0 aromatic heterocycles. The van der Waals surface area contributed by atoms with Crippen LogP contribution in [0, 0.1) is 5.92 Å². The summed E-state index contributed by atoms with van der Waals surface area (Å²) in [4.78, 5) is 14.0. The molecule has 3 unspecified atom stereocenters. The average Bonchev–Trinajstić information content (AvgIpc) is 2.53. The molecule has 2 N–H and O–H groups in total. The Bertz CT molecular complexity index is 327. The van der Waals surface area contributed by atoms with Crippen LogP contribution in [-0.4, -0.2) is 47.2 Å². The van der Waals surface area contributed by atoms with Crippen LogP contribution >= 0.6 is 0 Å². The van der Waals surface area contributed by atoms with E-state index in [1.807, 2.05) is 18.7 Å². The summed E-state index contributed by atoms with van der Waals surface area (Å²) >= 11 is 0. The molecule has 2 rings (SSSR count). The summed E-state index contributed by atoms with van der Waals surface area (Å²) in [7, 11) is 0. The number of likely N-dealkylation sites (tertiary alicyclic amines) is 1. The van der Waals surface area contributed by atoms with Crippen molar-refractivity contribution in [3.05, 3.63) is 0 Å². The Hall–Kier alpha value is -0.610. The number of amides is 1. The molecular weight excluding hydrogens is 264 g/mol. The Morgan fingerprint density at radius 1 is 1.19 bits per heavy atom. The molecule has 0 aromatic rings. The molecular formula is C17H32N2O2. The highest BCUT2D eigenvalue weighted by Gasteiger charge is 2.33. The zero-order chi connectivity index (χ0) is 15.2. The summed E-state index contributed by atoms with van der Waals surface area (Å²) in [5.74, 6) is 0.443. The molecule has 1 saturated carbocycles. The van der Waals surface area contributed by atoms with E-state index in [1.165, 1.54) is 32.1 Å². The van der Waals surface area contributed by atoms with Gasteiger partial charge >= 0.3 is 0 Å². The SMILES string of the molecule is CCC(=O)N1CC(NC2CCCCC2)CC(C(O)CC)C1. The summed E-state index contributed by atoms with van der Waals surface area (Å²) in [6, 6.07) is 0.961. The Kier molecular flexibility index (Phi) is 6.49. The lowest BCUT2D eigenvalue weighted by Gasteiger charge is -2.41. The monoisotopic (exact) mass is 296 g/mol. The van der Waals surface area contributed by atoms with Crippen LogP contribution in [0.15, 0.2) is 0 Å². The third-order valence-corrected chi connectivity index (χ3v) is 5.18. The second kappa shape index (κ2) is 8.14. The minimum absolute atomic E-state index is 0.221. The molecule has 0 spiro atoms. The number of piperidine rings is 1. The molecule has 2 aliphatic rings. The predicted octanol–water partition coefficient (Wildman–Crippen LogP) is 2.31. The van der Waals surface area contributed by atoms with Crippen molar-refractivity contribution in [2.24, 2.45) is 5.92 Å². The number of rotatable bonds is 5. The first-order valence-corrected chi connectivity index (χ1v) is 8.85. The molecule has 1 heterocycles. The molecule has 1 aliphatic heterocycles. The molecule has 4 heteroatoms. The number of nitrogens with one attached hydrogen (secondary N) is 1. The normalized spacial score (nSPS) is 29.4. The molecule has 2 fully saturated rings. The van der Waals surface area contributed by atoms with Gasteiger partial charge in [0.15, 0.2) is 0 Å². The third-order valence-electron chi connectivity index (χ3n) is 5.18. The van der Waals surface area contributed by atoms with Gasteiger partial charge in [0.2, 0.25) is 5.91 Å². The van der Waals surface area contributed by atoms with E-state index in [4.69, 9.17) is 0 Å². The van der Waals surface area contributed by atoms with E-state index in [0.717, 1.165) is 25.9 Å². The van der Waals surface area contributed by atoms with Crippen molar-refractivity contribution in [3.8, 4) is 0 Å². The fourth-order valence-corrected chi connectivity index (χ4v) is 3.90. The number of hydrogen-bond donors (Lipinski definition) is 2. The van der Waals surface area contributed by atoms with Crippen molar-refractivity contribution in [2.75, 3.05) is 13.1 Å². The molecule has 1 saturated heterocycles. The average molecular weight is 296 g/mol. The third kappa shape index (κ3) is 4.68. The Morgan fingerprint density at radius 2 is 1.90 bits per heavy atom. The van der Waals surface area contributed by atoms with Gasteiger partial charge in [0, 0.05) is 37.5 Å². The van der Waals surface area contributed by atoms with Crippen molar-refractivity contribution in [1.29, 1.82) is 0 Å². The number of aliphatic hydroxyl groups excluding tert-OH is 1. The van der Waals surface area contributed by atoms with Gasteiger partial charge in [-0.25, -0.2) is 0 Å². The number of nitrogens with zero attached hydrogens (tertiary/aromatic N) is 1. The molecule has 1 amide bonds. The molecule has 1 aliphatic carbocycles. The van der Waals surface area contributed by atoms with Gasteiger partial charge in [-0.2, -0.15) is 0 Å².